The lowest BCUT2D eigenvalue weighted by atomic mass is 10.2. The summed E-state index contributed by atoms with van der Waals surface area (Å²) in [7, 11) is 0. The van der Waals surface area contributed by atoms with E-state index in [2.05, 4.69) is 36.1 Å². The molecule has 1 N–H and O–H groups in total. The van der Waals surface area contributed by atoms with E-state index in [1.165, 1.54) is 0 Å². The van der Waals surface area contributed by atoms with Gasteiger partial charge in [-0.2, -0.15) is 4.98 Å². The van der Waals surface area contributed by atoms with E-state index in [0.29, 0.717) is 12.5 Å². The number of ether oxygens (including phenoxy) is 2. The van der Waals surface area contributed by atoms with E-state index in [1.54, 1.807) is 0 Å². The fraction of sp³-hybridized carbons (Fsp3) is 0.714. The van der Waals surface area contributed by atoms with Gasteiger partial charge in [0.25, 0.3) is 0 Å². The van der Waals surface area contributed by atoms with Crippen molar-refractivity contribution in [3.63, 3.8) is 0 Å². The summed E-state index contributed by atoms with van der Waals surface area (Å²) in [4.78, 5) is 8.99. The van der Waals surface area contributed by atoms with Gasteiger partial charge < -0.3 is 14.8 Å². The van der Waals surface area contributed by atoms with Crippen molar-refractivity contribution in [3.05, 3.63) is 11.9 Å². The first-order valence-corrected chi connectivity index (χ1v) is 7.06. The van der Waals surface area contributed by atoms with Crippen molar-refractivity contribution in [2.24, 2.45) is 0 Å². The number of aromatic nitrogens is 2. The standard InChI is InChI=1S/C14H23N3O2/c1-4-6-15-12-8-13(17-14(16-12)10(2)3)19-11-5-7-18-9-11/h8,10-11H,4-7,9H2,1-3H3,(H,15,16,17). The monoisotopic (exact) mass is 265 g/mol. The lowest BCUT2D eigenvalue weighted by Crippen LogP contribution is -2.17. The highest BCUT2D eigenvalue weighted by Gasteiger charge is 2.19. The zero-order valence-corrected chi connectivity index (χ0v) is 12.0. The molecule has 1 fully saturated rings. The van der Waals surface area contributed by atoms with Crippen LogP contribution in [0.5, 0.6) is 5.88 Å². The van der Waals surface area contributed by atoms with Crippen LogP contribution in [0.2, 0.25) is 0 Å². The second-order valence-electron chi connectivity index (χ2n) is 5.13. The minimum absolute atomic E-state index is 0.119. The van der Waals surface area contributed by atoms with Crippen molar-refractivity contribution in [2.75, 3.05) is 25.1 Å². The summed E-state index contributed by atoms with van der Waals surface area (Å²) in [6.07, 6.45) is 2.11. The largest absolute Gasteiger partial charge is 0.472 e. The fourth-order valence-electron chi connectivity index (χ4n) is 1.88. The molecule has 0 radical (unpaired) electrons. The maximum Gasteiger partial charge on any atom is 0.219 e. The van der Waals surface area contributed by atoms with Gasteiger partial charge in [0.05, 0.1) is 13.2 Å². The van der Waals surface area contributed by atoms with E-state index in [1.807, 2.05) is 6.07 Å². The van der Waals surface area contributed by atoms with Crippen molar-refractivity contribution < 1.29 is 9.47 Å². The topological polar surface area (TPSA) is 56.3 Å². The van der Waals surface area contributed by atoms with Gasteiger partial charge in [0.15, 0.2) is 0 Å². The molecule has 2 heterocycles. The van der Waals surface area contributed by atoms with Crippen LogP contribution in [0.15, 0.2) is 6.07 Å². The van der Waals surface area contributed by atoms with Crippen LogP contribution in [-0.4, -0.2) is 35.8 Å². The molecule has 1 aliphatic rings. The number of nitrogens with zero attached hydrogens (tertiary/aromatic N) is 2. The Labute approximate surface area is 114 Å². The Hall–Kier alpha value is -1.36. The minimum atomic E-state index is 0.119. The minimum Gasteiger partial charge on any atom is -0.472 e. The van der Waals surface area contributed by atoms with Gasteiger partial charge in [-0.3, -0.25) is 0 Å². The number of hydrogen-bond acceptors (Lipinski definition) is 5. The van der Waals surface area contributed by atoms with Gasteiger partial charge in [-0.25, -0.2) is 4.98 Å². The molecule has 0 saturated carbocycles. The van der Waals surface area contributed by atoms with Crippen molar-refractivity contribution in [1.29, 1.82) is 0 Å². The van der Waals surface area contributed by atoms with Crippen LogP contribution in [0.1, 0.15) is 45.4 Å². The first-order chi connectivity index (χ1) is 9.19. The summed E-state index contributed by atoms with van der Waals surface area (Å²) in [6.45, 7) is 8.63. The third-order valence-electron chi connectivity index (χ3n) is 2.97. The van der Waals surface area contributed by atoms with Crippen LogP contribution in [0.3, 0.4) is 0 Å². The number of rotatable bonds is 6. The Balaban J connectivity index is 2.12. The van der Waals surface area contributed by atoms with Gasteiger partial charge in [0.1, 0.15) is 17.7 Å². The molecule has 1 aromatic heterocycles. The zero-order valence-electron chi connectivity index (χ0n) is 12.0. The average molecular weight is 265 g/mol. The molecule has 0 amide bonds. The highest BCUT2D eigenvalue weighted by Crippen LogP contribution is 2.21. The highest BCUT2D eigenvalue weighted by atomic mass is 16.5. The molecular formula is C14H23N3O2. The van der Waals surface area contributed by atoms with Gasteiger partial charge in [-0.15, -0.1) is 0 Å². The van der Waals surface area contributed by atoms with Gasteiger partial charge >= 0.3 is 0 Å². The zero-order chi connectivity index (χ0) is 13.7. The molecule has 0 aliphatic carbocycles. The van der Waals surface area contributed by atoms with E-state index in [0.717, 1.165) is 37.6 Å². The van der Waals surface area contributed by atoms with E-state index in [-0.39, 0.29) is 12.0 Å². The van der Waals surface area contributed by atoms with Crippen LogP contribution in [0.4, 0.5) is 5.82 Å². The summed E-state index contributed by atoms with van der Waals surface area (Å²) >= 11 is 0. The maximum atomic E-state index is 5.87. The Morgan fingerprint density at radius 1 is 1.47 bits per heavy atom. The summed E-state index contributed by atoms with van der Waals surface area (Å²) < 4.78 is 11.2. The van der Waals surface area contributed by atoms with Crippen molar-refractivity contribution in [3.8, 4) is 5.88 Å². The molecule has 2 rings (SSSR count). The van der Waals surface area contributed by atoms with E-state index in [9.17, 15) is 0 Å². The van der Waals surface area contributed by atoms with Crippen LogP contribution in [-0.2, 0) is 4.74 Å². The molecule has 0 spiro atoms. The predicted molar refractivity (Wildman–Crippen MR) is 74.8 cm³/mol. The second-order valence-corrected chi connectivity index (χ2v) is 5.13. The Morgan fingerprint density at radius 3 is 2.95 bits per heavy atom. The SMILES string of the molecule is CCCNc1cc(OC2CCOC2)nc(C(C)C)n1. The summed E-state index contributed by atoms with van der Waals surface area (Å²) in [5.41, 5.74) is 0. The van der Waals surface area contributed by atoms with Crippen molar-refractivity contribution >= 4 is 5.82 Å². The van der Waals surface area contributed by atoms with E-state index >= 15 is 0 Å². The molecule has 1 atom stereocenters. The molecule has 5 heteroatoms. The Kier molecular flexibility index (Phi) is 4.96. The first-order valence-electron chi connectivity index (χ1n) is 7.06. The molecule has 5 nitrogen and oxygen atoms in total. The molecule has 19 heavy (non-hydrogen) atoms. The number of nitrogens with one attached hydrogen (secondary N) is 1. The molecular weight excluding hydrogens is 242 g/mol. The summed E-state index contributed by atoms with van der Waals surface area (Å²) in [5, 5.41) is 3.29. The van der Waals surface area contributed by atoms with Crippen molar-refractivity contribution in [2.45, 2.75) is 45.6 Å². The Bertz CT molecular complexity index is 404. The number of anilines is 1. The second kappa shape index (κ2) is 6.70. The molecule has 1 unspecified atom stereocenters. The van der Waals surface area contributed by atoms with Gasteiger partial charge in [0, 0.05) is 24.9 Å². The molecule has 0 bridgehead atoms. The van der Waals surface area contributed by atoms with Gasteiger partial charge in [0.2, 0.25) is 5.88 Å². The third-order valence-corrected chi connectivity index (χ3v) is 2.97. The first kappa shape index (κ1) is 14.1. The normalized spacial score (nSPS) is 18.8. The quantitative estimate of drug-likeness (QED) is 0.856. The molecule has 0 aromatic carbocycles. The van der Waals surface area contributed by atoms with E-state index < -0.39 is 0 Å². The lowest BCUT2D eigenvalue weighted by Gasteiger charge is -2.14. The average Bonchev–Trinajstić information content (AvgIpc) is 2.89. The molecule has 1 aromatic rings. The van der Waals surface area contributed by atoms with Crippen molar-refractivity contribution in [1.82, 2.24) is 9.97 Å². The third kappa shape index (κ3) is 4.06. The smallest absolute Gasteiger partial charge is 0.219 e. The molecule has 1 saturated heterocycles. The number of hydrogen-bond donors (Lipinski definition) is 1. The van der Waals surface area contributed by atoms with Crippen LogP contribution in [0.25, 0.3) is 0 Å². The predicted octanol–water partition coefficient (Wildman–Crippen LogP) is 2.59. The maximum absolute atomic E-state index is 5.87. The van der Waals surface area contributed by atoms with Crippen LogP contribution in [0, 0.1) is 0 Å². The van der Waals surface area contributed by atoms with E-state index in [4.69, 9.17) is 9.47 Å². The lowest BCUT2D eigenvalue weighted by molar-refractivity contribution is 0.137. The van der Waals surface area contributed by atoms with Crippen LogP contribution >= 0.6 is 0 Å². The Morgan fingerprint density at radius 2 is 2.32 bits per heavy atom. The van der Waals surface area contributed by atoms with Gasteiger partial charge in [-0.05, 0) is 6.42 Å². The summed E-state index contributed by atoms with van der Waals surface area (Å²) in [6, 6.07) is 1.87. The van der Waals surface area contributed by atoms with Crippen LogP contribution < -0.4 is 10.1 Å². The summed E-state index contributed by atoms with van der Waals surface area (Å²) in [5.74, 6) is 2.59. The fourth-order valence-corrected chi connectivity index (χ4v) is 1.88. The van der Waals surface area contributed by atoms with Gasteiger partial charge in [-0.1, -0.05) is 20.8 Å². The highest BCUT2D eigenvalue weighted by molar-refractivity contribution is 5.38. The molecule has 106 valence electrons. The molecule has 1 aliphatic heterocycles.